The summed E-state index contributed by atoms with van der Waals surface area (Å²) in [6.07, 6.45) is 2.12. The molecule has 1 aliphatic rings. The molecule has 0 bridgehead atoms. The molecule has 7 nitrogen and oxygen atoms in total. The molecule has 2 aromatic rings. The van der Waals surface area contributed by atoms with E-state index >= 15 is 0 Å². The van der Waals surface area contributed by atoms with Crippen LogP contribution in [0.4, 0.5) is 0 Å². The molecular formula is C18H22N4O3. The van der Waals surface area contributed by atoms with Gasteiger partial charge in [0.05, 0.1) is 13.0 Å². The van der Waals surface area contributed by atoms with Crippen LogP contribution in [0.1, 0.15) is 12.5 Å². The number of amides is 3. The molecule has 0 saturated carbocycles. The van der Waals surface area contributed by atoms with E-state index in [-0.39, 0.29) is 30.7 Å². The Morgan fingerprint density at radius 3 is 2.72 bits per heavy atom. The van der Waals surface area contributed by atoms with E-state index in [1.807, 2.05) is 30.5 Å². The predicted molar refractivity (Wildman–Crippen MR) is 93.8 cm³/mol. The number of fused-ring (bicyclic) bond motifs is 1. The maximum absolute atomic E-state index is 12.7. The van der Waals surface area contributed by atoms with Gasteiger partial charge >= 0.3 is 0 Å². The number of nitrogens with one attached hydrogen (secondary N) is 2. The Hall–Kier alpha value is -2.83. The molecular weight excluding hydrogens is 320 g/mol. The SMILES string of the molecule is CNC(=O)C1CN(C(=O)Cc2c[nH]c3ccccc23)CCN1C(C)=O. The molecule has 7 heteroatoms. The van der Waals surface area contributed by atoms with Gasteiger partial charge in [-0.1, -0.05) is 18.2 Å². The van der Waals surface area contributed by atoms with Crippen LogP contribution < -0.4 is 5.32 Å². The van der Waals surface area contributed by atoms with Crippen molar-refractivity contribution >= 4 is 28.6 Å². The zero-order valence-corrected chi connectivity index (χ0v) is 14.4. The summed E-state index contributed by atoms with van der Waals surface area (Å²) in [5.74, 6) is -0.445. The normalized spacial score (nSPS) is 17.6. The number of rotatable bonds is 3. The van der Waals surface area contributed by atoms with Crippen LogP contribution in [0, 0.1) is 0 Å². The Kier molecular flexibility index (Phi) is 4.74. The maximum Gasteiger partial charge on any atom is 0.244 e. The number of carbonyl (C=O) groups is 3. The van der Waals surface area contributed by atoms with Crippen molar-refractivity contribution in [1.82, 2.24) is 20.1 Å². The molecule has 1 atom stereocenters. The standard InChI is InChI=1S/C18H22N4O3/c1-12(23)22-8-7-21(11-16(22)18(25)19-2)17(24)9-13-10-20-15-6-4-3-5-14(13)15/h3-6,10,16,20H,7-9,11H2,1-2H3,(H,19,25). The molecule has 3 rings (SSSR count). The number of aromatic nitrogens is 1. The van der Waals surface area contributed by atoms with Gasteiger partial charge < -0.3 is 20.1 Å². The van der Waals surface area contributed by atoms with E-state index in [1.165, 1.54) is 18.9 Å². The highest BCUT2D eigenvalue weighted by Crippen LogP contribution is 2.20. The van der Waals surface area contributed by atoms with Crippen molar-refractivity contribution in [1.29, 1.82) is 0 Å². The minimum Gasteiger partial charge on any atom is -0.361 e. The van der Waals surface area contributed by atoms with E-state index < -0.39 is 6.04 Å². The van der Waals surface area contributed by atoms with Crippen molar-refractivity contribution in [3.05, 3.63) is 36.0 Å². The fraction of sp³-hybridized carbons (Fsp3) is 0.389. The summed E-state index contributed by atoms with van der Waals surface area (Å²) < 4.78 is 0. The van der Waals surface area contributed by atoms with E-state index in [9.17, 15) is 14.4 Å². The van der Waals surface area contributed by atoms with Crippen LogP contribution in [0.3, 0.4) is 0 Å². The largest absolute Gasteiger partial charge is 0.361 e. The Labute approximate surface area is 146 Å². The van der Waals surface area contributed by atoms with Gasteiger partial charge in [-0.15, -0.1) is 0 Å². The number of hydrogen-bond donors (Lipinski definition) is 2. The number of para-hydroxylation sites is 1. The van der Waals surface area contributed by atoms with Gasteiger partial charge in [-0.3, -0.25) is 14.4 Å². The van der Waals surface area contributed by atoms with Gasteiger partial charge in [-0.2, -0.15) is 0 Å². The number of aromatic amines is 1. The van der Waals surface area contributed by atoms with Gasteiger partial charge in [0, 0.05) is 44.2 Å². The monoisotopic (exact) mass is 342 g/mol. The topological polar surface area (TPSA) is 85.5 Å². The Morgan fingerprint density at radius 2 is 2.00 bits per heavy atom. The number of nitrogens with zero attached hydrogens (tertiary/aromatic N) is 2. The number of carbonyl (C=O) groups excluding carboxylic acids is 3. The molecule has 1 aromatic carbocycles. The van der Waals surface area contributed by atoms with Crippen LogP contribution in [0.15, 0.2) is 30.5 Å². The van der Waals surface area contributed by atoms with Crippen LogP contribution in [0.2, 0.25) is 0 Å². The zero-order valence-electron chi connectivity index (χ0n) is 14.4. The molecule has 1 aliphatic heterocycles. The van der Waals surface area contributed by atoms with Crippen molar-refractivity contribution in [2.45, 2.75) is 19.4 Å². The first kappa shape index (κ1) is 17.0. The quantitative estimate of drug-likeness (QED) is 0.852. The van der Waals surface area contributed by atoms with Crippen molar-refractivity contribution in [3.8, 4) is 0 Å². The maximum atomic E-state index is 12.7. The molecule has 2 N–H and O–H groups in total. The van der Waals surface area contributed by atoms with Crippen LogP contribution in [-0.4, -0.2) is 65.2 Å². The van der Waals surface area contributed by atoms with Crippen molar-refractivity contribution in [3.63, 3.8) is 0 Å². The van der Waals surface area contributed by atoms with Crippen LogP contribution in [0.5, 0.6) is 0 Å². The third-order valence-electron chi connectivity index (χ3n) is 4.70. The van der Waals surface area contributed by atoms with E-state index in [4.69, 9.17) is 0 Å². The number of hydrogen-bond acceptors (Lipinski definition) is 3. The summed E-state index contributed by atoms with van der Waals surface area (Å²) in [5.41, 5.74) is 1.93. The second-order valence-corrected chi connectivity index (χ2v) is 6.22. The molecule has 0 spiro atoms. The van der Waals surface area contributed by atoms with E-state index in [0.29, 0.717) is 13.1 Å². The zero-order chi connectivity index (χ0) is 18.0. The summed E-state index contributed by atoms with van der Waals surface area (Å²) in [6, 6.07) is 7.20. The molecule has 0 aliphatic carbocycles. The van der Waals surface area contributed by atoms with E-state index in [1.54, 1.807) is 4.90 Å². The third kappa shape index (κ3) is 3.35. The highest BCUT2D eigenvalue weighted by molar-refractivity contribution is 5.91. The summed E-state index contributed by atoms with van der Waals surface area (Å²) >= 11 is 0. The lowest BCUT2D eigenvalue weighted by molar-refractivity contribution is -0.146. The fourth-order valence-electron chi connectivity index (χ4n) is 3.33. The second-order valence-electron chi connectivity index (χ2n) is 6.22. The van der Waals surface area contributed by atoms with Crippen LogP contribution in [0.25, 0.3) is 10.9 Å². The van der Waals surface area contributed by atoms with Crippen molar-refractivity contribution in [2.75, 3.05) is 26.7 Å². The molecule has 2 heterocycles. The lowest BCUT2D eigenvalue weighted by Gasteiger charge is -2.40. The summed E-state index contributed by atoms with van der Waals surface area (Å²) in [6.45, 7) is 2.47. The van der Waals surface area contributed by atoms with Crippen LogP contribution in [-0.2, 0) is 20.8 Å². The number of likely N-dealkylation sites (N-methyl/N-ethyl adjacent to an activating group) is 1. The summed E-state index contributed by atoms with van der Waals surface area (Å²) in [4.78, 5) is 42.9. The Morgan fingerprint density at radius 1 is 1.24 bits per heavy atom. The lowest BCUT2D eigenvalue weighted by Crippen LogP contribution is -2.61. The van der Waals surface area contributed by atoms with E-state index in [0.717, 1.165) is 16.5 Å². The summed E-state index contributed by atoms with van der Waals surface area (Å²) in [7, 11) is 1.54. The highest BCUT2D eigenvalue weighted by Gasteiger charge is 2.35. The fourth-order valence-corrected chi connectivity index (χ4v) is 3.33. The van der Waals surface area contributed by atoms with Gasteiger partial charge in [0.15, 0.2) is 0 Å². The molecule has 1 saturated heterocycles. The smallest absolute Gasteiger partial charge is 0.244 e. The molecule has 3 amide bonds. The van der Waals surface area contributed by atoms with E-state index in [2.05, 4.69) is 10.3 Å². The number of piperazine rings is 1. The van der Waals surface area contributed by atoms with Crippen LogP contribution >= 0.6 is 0 Å². The first-order valence-electron chi connectivity index (χ1n) is 8.33. The molecule has 132 valence electrons. The van der Waals surface area contributed by atoms with Crippen molar-refractivity contribution in [2.24, 2.45) is 0 Å². The molecule has 1 aromatic heterocycles. The number of H-pyrrole nitrogens is 1. The first-order valence-corrected chi connectivity index (χ1v) is 8.33. The average Bonchev–Trinajstić information content (AvgIpc) is 3.03. The lowest BCUT2D eigenvalue weighted by atomic mass is 10.1. The highest BCUT2D eigenvalue weighted by atomic mass is 16.2. The van der Waals surface area contributed by atoms with Gasteiger partial charge in [-0.25, -0.2) is 0 Å². The van der Waals surface area contributed by atoms with Gasteiger partial charge in [-0.05, 0) is 11.6 Å². The molecule has 1 unspecified atom stereocenters. The minimum atomic E-state index is -0.636. The Balaban J connectivity index is 1.74. The van der Waals surface area contributed by atoms with Gasteiger partial charge in [0.1, 0.15) is 6.04 Å². The van der Waals surface area contributed by atoms with Crippen molar-refractivity contribution < 1.29 is 14.4 Å². The molecule has 25 heavy (non-hydrogen) atoms. The minimum absolute atomic E-state index is 0.0399. The number of benzene rings is 1. The van der Waals surface area contributed by atoms with Gasteiger partial charge in [0.25, 0.3) is 0 Å². The third-order valence-corrected chi connectivity index (χ3v) is 4.70. The average molecular weight is 342 g/mol. The van der Waals surface area contributed by atoms with Gasteiger partial charge in [0.2, 0.25) is 17.7 Å². The summed E-state index contributed by atoms with van der Waals surface area (Å²) in [5, 5.41) is 3.60. The Bertz CT molecular complexity index is 814. The molecule has 1 fully saturated rings. The molecule has 0 radical (unpaired) electrons. The first-order chi connectivity index (χ1) is 12.0. The predicted octanol–water partition coefficient (Wildman–Crippen LogP) is 0.516. The second kappa shape index (κ2) is 6.96.